The molecule has 0 heterocycles. The van der Waals surface area contributed by atoms with Crippen LogP contribution >= 0.6 is 0 Å². The number of Topliss-reactive ketones (excluding diaryl/α,β-unsaturated/α-hetero) is 1. The molecule has 1 atom stereocenters. The number of rotatable bonds is 5. The number of ether oxygens (including phenoxy) is 1. The summed E-state index contributed by atoms with van der Waals surface area (Å²) in [7, 11) is 0. The first kappa shape index (κ1) is 13.4. The largest absolute Gasteiger partial charge is 0.457 e. The lowest BCUT2D eigenvalue weighted by atomic mass is 9.97. The van der Waals surface area contributed by atoms with Crippen LogP contribution in [0.2, 0.25) is 0 Å². The molecule has 0 radical (unpaired) electrons. The van der Waals surface area contributed by atoms with Crippen molar-refractivity contribution in [3.63, 3.8) is 0 Å². The second kappa shape index (κ2) is 6.18. The summed E-state index contributed by atoms with van der Waals surface area (Å²) in [4.78, 5) is 23.1. The Bertz CT molecular complexity index is 382. The molecule has 0 aromatic heterocycles. The van der Waals surface area contributed by atoms with Crippen LogP contribution in [0.4, 0.5) is 0 Å². The molecule has 92 valence electrons. The van der Waals surface area contributed by atoms with E-state index in [9.17, 15) is 9.59 Å². The second-order valence-electron chi connectivity index (χ2n) is 4.41. The van der Waals surface area contributed by atoms with Crippen molar-refractivity contribution in [2.75, 3.05) is 0 Å². The molecule has 1 aromatic carbocycles. The monoisotopic (exact) mass is 234 g/mol. The minimum absolute atomic E-state index is 0.254. The van der Waals surface area contributed by atoms with E-state index in [0.29, 0.717) is 6.42 Å². The Kier molecular flexibility index (Phi) is 4.88. The zero-order valence-corrected chi connectivity index (χ0v) is 10.5. The fourth-order valence-corrected chi connectivity index (χ4v) is 1.53. The van der Waals surface area contributed by atoms with Gasteiger partial charge < -0.3 is 4.74 Å². The molecule has 0 fully saturated rings. The van der Waals surface area contributed by atoms with Gasteiger partial charge in [-0.15, -0.1) is 0 Å². The van der Waals surface area contributed by atoms with Gasteiger partial charge in [0.1, 0.15) is 0 Å². The van der Waals surface area contributed by atoms with Gasteiger partial charge in [0.2, 0.25) is 5.78 Å². The maximum atomic E-state index is 11.7. The molecule has 17 heavy (non-hydrogen) atoms. The van der Waals surface area contributed by atoms with Gasteiger partial charge in [0.25, 0.3) is 0 Å². The molecule has 0 aliphatic heterocycles. The molecule has 1 unspecified atom stereocenters. The summed E-state index contributed by atoms with van der Waals surface area (Å²) >= 11 is 0. The first-order valence-electron chi connectivity index (χ1n) is 5.79. The van der Waals surface area contributed by atoms with Crippen LogP contribution < -0.4 is 0 Å². The fourth-order valence-electron chi connectivity index (χ4n) is 1.53. The van der Waals surface area contributed by atoms with Gasteiger partial charge in [0.15, 0.2) is 0 Å². The number of ketones is 1. The van der Waals surface area contributed by atoms with Gasteiger partial charge in [-0.05, 0) is 25.8 Å². The quantitative estimate of drug-likeness (QED) is 0.580. The number of carbonyl (C=O) groups is 2. The Hall–Kier alpha value is -1.64. The highest BCUT2D eigenvalue weighted by Crippen LogP contribution is 2.10. The van der Waals surface area contributed by atoms with Crippen LogP contribution in [0.1, 0.15) is 26.3 Å². The van der Waals surface area contributed by atoms with Crippen LogP contribution in [0.25, 0.3) is 0 Å². The minimum Gasteiger partial charge on any atom is -0.457 e. The van der Waals surface area contributed by atoms with Gasteiger partial charge in [-0.2, -0.15) is 0 Å². The van der Waals surface area contributed by atoms with E-state index in [1.807, 2.05) is 30.3 Å². The van der Waals surface area contributed by atoms with Crippen LogP contribution in [0.3, 0.4) is 0 Å². The van der Waals surface area contributed by atoms with Crippen LogP contribution in [0, 0.1) is 5.92 Å². The summed E-state index contributed by atoms with van der Waals surface area (Å²) in [5.41, 5.74) is 1.05. The van der Waals surface area contributed by atoms with Crippen molar-refractivity contribution >= 4 is 11.8 Å². The van der Waals surface area contributed by atoms with Crippen LogP contribution in [-0.2, 0) is 20.7 Å². The highest BCUT2D eigenvalue weighted by atomic mass is 16.5. The number of hydrogen-bond acceptors (Lipinski definition) is 3. The van der Waals surface area contributed by atoms with Crippen LogP contribution in [-0.4, -0.2) is 17.9 Å². The highest BCUT2D eigenvalue weighted by molar-refractivity contribution is 6.34. The normalized spacial score (nSPS) is 12.2. The van der Waals surface area contributed by atoms with E-state index in [1.54, 1.807) is 20.8 Å². The van der Waals surface area contributed by atoms with Crippen molar-refractivity contribution in [2.24, 2.45) is 5.92 Å². The molecule has 0 amide bonds. The van der Waals surface area contributed by atoms with E-state index in [1.165, 1.54) is 0 Å². The van der Waals surface area contributed by atoms with Gasteiger partial charge in [-0.3, -0.25) is 4.79 Å². The van der Waals surface area contributed by atoms with Crippen molar-refractivity contribution in [3.05, 3.63) is 35.9 Å². The van der Waals surface area contributed by atoms with E-state index in [2.05, 4.69) is 0 Å². The van der Waals surface area contributed by atoms with Crippen LogP contribution in [0.15, 0.2) is 30.3 Å². The van der Waals surface area contributed by atoms with Crippen molar-refractivity contribution in [1.29, 1.82) is 0 Å². The Morgan fingerprint density at radius 2 is 1.71 bits per heavy atom. The number of esters is 1. The average Bonchev–Trinajstić information content (AvgIpc) is 2.28. The SMILES string of the molecule is CC(C)OC(=O)C(=O)C(C)Cc1ccccc1. The Balaban J connectivity index is 2.56. The molecule has 0 N–H and O–H groups in total. The first-order valence-corrected chi connectivity index (χ1v) is 5.79. The molecular formula is C14H18O3. The molecule has 0 aliphatic rings. The maximum absolute atomic E-state index is 11.7. The molecule has 3 nitrogen and oxygen atoms in total. The van der Waals surface area contributed by atoms with Gasteiger partial charge in [-0.1, -0.05) is 37.3 Å². The predicted octanol–water partition coefficient (Wildman–Crippen LogP) is 2.39. The molecule has 3 heteroatoms. The molecule has 0 saturated heterocycles. The molecule has 0 aliphatic carbocycles. The third-order valence-corrected chi connectivity index (χ3v) is 2.38. The van der Waals surface area contributed by atoms with E-state index in [-0.39, 0.29) is 12.0 Å². The third-order valence-electron chi connectivity index (χ3n) is 2.38. The molecule has 1 rings (SSSR count). The zero-order valence-electron chi connectivity index (χ0n) is 10.5. The summed E-state index contributed by atoms with van der Waals surface area (Å²) in [5, 5.41) is 0. The summed E-state index contributed by atoms with van der Waals surface area (Å²) in [6.07, 6.45) is 0.308. The Morgan fingerprint density at radius 1 is 1.12 bits per heavy atom. The van der Waals surface area contributed by atoms with Crippen LogP contribution in [0.5, 0.6) is 0 Å². The summed E-state index contributed by atoms with van der Waals surface area (Å²) in [6, 6.07) is 9.63. The lowest BCUT2D eigenvalue weighted by molar-refractivity contribution is -0.158. The topological polar surface area (TPSA) is 43.4 Å². The summed E-state index contributed by atoms with van der Waals surface area (Å²) in [6.45, 7) is 5.21. The van der Waals surface area contributed by atoms with Crippen molar-refractivity contribution < 1.29 is 14.3 Å². The number of benzene rings is 1. The summed E-state index contributed by atoms with van der Waals surface area (Å²) in [5.74, 6) is -1.53. The van der Waals surface area contributed by atoms with E-state index >= 15 is 0 Å². The van der Waals surface area contributed by atoms with E-state index in [4.69, 9.17) is 4.74 Å². The molecule has 0 saturated carbocycles. The minimum atomic E-state index is -0.733. The molecular weight excluding hydrogens is 216 g/mol. The first-order chi connectivity index (χ1) is 8.00. The Morgan fingerprint density at radius 3 is 2.24 bits per heavy atom. The lowest BCUT2D eigenvalue weighted by Gasteiger charge is -2.11. The van der Waals surface area contributed by atoms with Gasteiger partial charge in [0, 0.05) is 5.92 Å². The highest BCUT2D eigenvalue weighted by Gasteiger charge is 2.23. The van der Waals surface area contributed by atoms with E-state index in [0.717, 1.165) is 5.56 Å². The molecule has 1 aromatic rings. The Labute approximate surface area is 102 Å². The fraction of sp³-hybridized carbons (Fsp3) is 0.429. The van der Waals surface area contributed by atoms with Gasteiger partial charge in [-0.25, -0.2) is 4.79 Å². The zero-order chi connectivity index (χ0) is 12.8. The van der Waals surface area contributed by atoms with E-state index < -0.39 is 11.8 Å². The smallest absolute Gasteiger partial charge is 0.375 e. The summed E-state index contributed by atoms with van der Waals surface area (Å²) < 4.78 is 4.88. The number of hydrogen-bond donors (Lipinski definition) is 0. The van der Waals surface area contributed by atoms with Crippen molar-refractivity contribution in [3.8, 4) is 0 Å². The predicted molar refractivity (Wildman–Crippen MR) is 65.5 cm³/mol. The van der Waals surface area contributed by atoms with Crippen molar-refractivity contribution in [2.45, 2.75) is 33.3 Å². The standard InChI is InChI=1S/C14H18O3/c1-10(2)17-14(16)13(15)11(3)9-12-7-5-4-6-8-12/h4-8,10-11H,9H2,1-3H3. The average molecular weight is 234 g/mol. The molecule has 0 bridgehead atoms. The maximum Gasteiger partial charge on any atom is 0.375 e. The number of carbonyl (C=O) groups excluding carboxylic acids is 2. The van der Waals surface area contributed by atoms with Gasteiger partial charge in [0.05, 0.1) is 6.10 Å². The lowest BCUT2D eigenvalue weighted by Crippen LogP contribution is -2.27. The second-order valence-corrected chi connectivity index (χ2v) is 4.41. The van der Waals surface area contributed by atoms with Crippen molar-refractivity contribution in [1.82, 2.24) is 0 Å². The van der Waals surface area contributed by atoms with Gasteiger partial charge >= 0.3 is 5.97 Å². The molecule has 0 spiro atoms. The third kappa shape index (κ3) is 4.39.